The van der Waals surface area contributed by atoms with Gasteiger partial charge < -0.3 is 4.90 Å². The van der Waals surface area contributed by atoms with E-state index >= 15 is 0 Å². The van der Waals surface area contributed by atoms with Gasteiger partial charge in [-0.25, -0.2) is 0 Å². The molecule has 1 amide bonds. The Hall–Kier alpha value is -2.22. The topological polar surface area (TPSA) is 72.5 Å². The van der Waals surface area contributed by atoms with Crippen LogP contribution in [0.2, 0.25) is 0 Å². The number of hydrogen-bond acceptors (Lipinski definition) is 5. The van der Waals surface area contributed by atoms with Crippen molar-refractivity contribution < 1.29 is 4.79 Å². The van der Waals surface area contributed by atoms with Crippen LogP contribution in [0.1, 0.15) is 51.8 Å². The van der Waals surface area contributed by atoms with E-state index in [1.807, 2.05) is 27.7 Å². The number of fused-ring (bicyclic) bond motifs is 3. The van der Waals surface area contributed by atoms with E-state index in [0.29, 0.717) is 31.1 Å². The first-order valence-electron chi connectivity index (χ1n) is 10.2. The molecule has 3 aromatic rings. The quantitative estimate of drug-likeness (QED) is 0.636. The van der Waals surface area contributed by atoms with Gasteiger partial charge in [-0.2, -0.15) is 0 Å². The Morgan fingerprint density at radius 3 is 3.00 bits per heavy atom. The van der Waals surface area contributed by atoms with Gasteiger partial charge in [-0.1, -0.05) is 13.8 Å². The second-order valence-electron chi connectivity index (χ2n) is 7.78. The van der Waals surface area contributed by atoms with Crippen LogP contribution in [0, 0.1) is 5.92 Å². The SMILES string of the molecule is CCCn1c(=O)c2sccc2n2c(CCCC(=O)N3CCCC(C)C3)nnc12. The van der Waals surface area contributed by atoms with Gasteiger partial charge in [-0.3, -0.25) is 18.6 Å². The average Bonchev–Trinajstić information content (AvgIpc) is 3.32. The second kappa shape index (κ2) is 8.03. The third-order valence-corrected chi connectivity index (χ3v) is 6.42. The van der Waals surface area contributed by atoms with Gasteiger partial charge in [-0.15, -0.1) is 21.5 Å². The minimum absolute atomic E-state index is 0.00713. The molecule has 0 saturated carbocycles. The molecule has 4 rings (SSSR count). The zero-order valence-electron chi connectivity index (χ0n) is 16.6. The van der Waals surface area contributed by atoms with E-state index in [2.05, 4.69) is 17.1 Å². The molecule has 150 valence electrons. The molecule has 1 aliphatic heterocycles. The number of carbonyl (C=O) groups is 1. The second-order valence-corrected chi connectivity index (χ2v) is 8.70. The van der Waals surface area contributed by atoms with Gasteiger partial charge in [0.15, 0.2) is 0 Å². The van der Waals surface area contributed by atoms with E-state index in [-0.39, 0.29) is 11.5 Å². The molecular weight excluding hydrogens is 374 g/mol. The van der Waals surface area contributed by atoms with E-state index in [4.69, 9.17) is 0 Å². The molecular formula is C20H27N5O2S. The molecule has 1 atom stereocenters. The van der Waals surface area contributed by atoms with Crippen LogP contribution in [-0.2, 0) is 17.8 Å². The van der Waals surface area contributed by atoms with Gasteiger partial charge in [-0.05, 0) is 43.0 Å². The van der Waals surface area contributed by atoms with Crippen LogP contribution in [0.3, 0.4) is 0 Å². The van der Waals surface area contributed by atoms with Crippen molar-refractivity contribution in [3.63, 3.8) is 0 Å². The summed E-state index contributed by atoms with van der Waals surface area (Å²) >= 11 is 1.46. The van der Waals surface area contributed by atoms with Crippen LogP contribution in [0.15, 0.2) is 16.2 Å². The third-order valence-electron chi connectivity index (χ3n) is 5.53. The number of thiophene rings is 1. The van der Waals surface area contributed by atoms with Crippen LogP contribution in [0.4, 0.5) is 0 Å². The van der Waals surface area contributed by atoms with Crippen molar-refractivity contribution in [2.75, 3.05) is 13.1 Å². The van der Waals surface area contributed by atoms with E-state index in [1.165, 1.54) is 17.8 Å². The molecule has 1 fully saturated rings. The Kier molecular flexibility index (Phi) is 5.48. The number of aromatic nitrogens is 4. The number of piperidine rings is 1. The molecule has 1 aliphatic rings. The highest BCUT2D eigenvalue weighted by molar-refractivity contribution is 7.17. The zero-order chi connectivity index (χ0) is 19.7. The van der Waals surface area contributed by atoms with Gasteiger partial charge in [0.1, 0.15) is 10.5 Å². The maximum Gasteiger partial charge on any atom is 0.272 e. The number of amides is 1. The largest absolute Gasteiger partial charge is 0.342 e. The number of hydrogen-bond donors (Lipinski definition) is 0. The summed E-state index contributed by atoms with van der Waals surface area (Å²) < 4.78 is 4.45. The predicted molar refractivity (Wildman–Crippen MR) is 111 cm³/mol. The Balaban J connectivity index is 1.55. The van der Waals surface area contributed by atoms with Gasteiger partial charge in [0.2, 0.25) is 11.7 Å². The number of nitrogens with zero attached hydrogens (tertiary/aromatic N) is 5. The Morgan fingerprint density at radius 2 is 2.21 bits per heavy atom. The summed E-state index contributed by atoms with van der Waals surface area (Å²) in [5.41, 5.74) is 0.876. The predicted octanol–water partition coefficient (Wildman–Crippen LogP) is 3.10. The number of likely N-dealkylation sites (tertiary alicyclic amines) is 1. The van der Waals surface area contributed by atoms with Gasteiger partial charge >= 0.3 is 0 Å². The van der Waals surface area contributed by atoms with E-state index < -0.39 is 0 Å². The fraction of sp³-hybridized carbons (Fsp3) is 0.600. The van der Waals surface area contributed by atoms with Crippen LogP contribution < -0.4 is 5.56 Å². The summed E-state index contributed by atoms with van der Waals surface area (Å²) in [7, 11) is 0. The first-order chi connectivity index (χ1) is 13.6. The third kappa shape index (κ3) is 3.45. The zero-order valence-corrected chi connectivity index (χ0v) is 17.4. The van der Waals surface area contributed by atoms with Crippen LogP contribution >= 0.6 is 11.3 Å². The smallest absolute Gasteiger partial charge is 0.272 e. The Bertz CT molecular complexity index is 1050. The highest BCUT2D eigenvalue weighted by atomic mass is 32.1. The summed E-state index contributed by atoms with van der Waals surface area (Å²) in [6.45, 7) is 6.65. The Morgan fingerprint density at radius 1 is 1.36 bits per heavy atom. The maximum atomic E-state index is 12.7. The van der Waals surface area contributed by atoms with Crippen molar-refractivity contribution in [1.29, 1.82) is 0 Å². The van der Waals surface area contributed by atoms with Gasteiger partial charge in [0.25, 0.3) is 5.56 Å². The van der Waals surface area contributed by atoms with Crippen LogP contribution in [0.5, 0.6) is 0 Å². The number of carbonyl (C=O) groups excluding carboxylic acids is 1. The summed E-state index contributed by atoms with van der Waals surface area (Å²) in [5, 5.41) is 10.6. The van der Waals surface area contributed by atoms with Crippen molar-refractivity contribution in [3.8, 4) is 0 Å². The summed E-state index contributed by atoms with van der Waals surface area (Å²) in [6.07, 6.45) is 5.12. The Labute approximate surface area is 168 Å². The molecule has 28 heavy (non-hydrogen) atoms. The van der Waals surface area contributed by atoms with Crippen molar-refractivity contribution in [1.82, 2.24) is 24.1 Å². The number of rotatable bonds is 6. The molecule has 0 spiro atoms. The van der Waals surface area contributed by atoms with Gasteiger partial charge in [0, 0.05) is 32.5 Å². The summed E-state index contributed by atoms with van der Waals surface area (Å²) in [4.78, 5) is 27.3. The molecule has 4 heterocycles. The summed E-state index contributed by atoms with van der Waals surface area (Å²) in [5.74, 6) is 2.26. The summed E-state index contributed by atoms with van der Waals surface area (Å²) in [6, 6.07) is 1.96. The lowest BCUT2D eigenvalue weighted by atomic mass is 10.00. The minimum Gasteiger partial charge on any atom is -0.342 e. The molecule has 8 heteroatoms. The molecule has 0 N–H and O–H groups in total. The fourth-order valence-electron chi connectivity index (χ4n) is 4.14. The molecule has 1 unspecified atom stereocenters. The first-order valence-corrected chi connectivity index (χ1v) is 11.1. The first kappa shape index (κ1) is 19.1. The molecule has 7 nitrogen and oxygen atoms in total. The monoisotopic (exact) mass is 401 g/mol. The maximum absolute atomic E-state index is 12.7. The number of aryl methyl sites for hydroxylation is 2. The standard InChI is InChI=1S/C20H27N5O2S/c1-3-10-24-19(27)18-15(9-12-28-18)25-16(21-22-20(24)25)7-4-8-17(26)23-11-5-6-14(2)13-23/h9,12,14H,3-8,10-11,13H2,1-2H3. The van der Waals surface area contributed by atoms with Crippen molar-refractivity contribution in [3.05, 3.63) is 27.6 Å². The minimum atomic E-state index is 0.00713. The molecule has 1 saturated heterocycles. The average molecular weight is 402 g/mol. The lowest BCUT2D eigenvalue weighted by molar-refractivity contribution is -0.133. The fourth-order valence-corrected chi connectivity index (χ4v) is 4.96. The van der Waals surface area contributed by atoms with E-state index in [9.17, 15) is 9.59 Å². The highest BCUT2D eigenvalue weighted by Crippen LogP contribution is 2.21. The van der Waals surface area contributed by atoms with Crippen molar-refractivity contribution in [2.24, 2.45) is 5.92 Å². The molecule has 0 aromatic carbocycles. The molecule has 3 aromatic heterocycles. The normalized spacial score (nSPS) is 17.6. The molecule has 0 radical (unpaired) electrons. The lowest BCUT2D eigenvalue weighted by Gasteiger charge is -2.31. The van der Waals surface area contributed by atoms with Crippen LogP contribution in [0.25, 0.3) is 16.0 Å². The van der Waals surface area contributed by atoms with E-state index in [1.54, 1.807) is 4.57 Å². The van der Waals surface area contributed by atoms with Crippen molar-refractivity contribution >= 4 is 33.2 Å². The van der Waals surface area contributed by atoms with Crippen molar-refractivity contribution in [2.45, 2.75) is 58.9 Å². The molecule has 0 aliphatic carbocycles. The lowest BCUT2D eigenvalue weighted by Crippen LogP contribution is -2.39. The highest BCUT2D eigenvalue weighted by Gasteiger charge is 2.21. The molecule has 0 bridgehead atoms. The van der Waals surface area contributed by atoms with Crippen LogP contribution in [-0.4, -0.2) is 43.1 Å². The van der Waals surface area contributed by atoms with Gasteiger partial charge in [0.05, 0.1) is 5.52 Å². The van der Waals surface area contributed by atoms with E-state index in [0.717, 1.165) is 48.4 Å².